The normalized spacial score (nSPS) is 9.69. The van der Waals surface area contributed by atoms with Gasteiger partial charge in [0.1, 0.15) is 10.9 Å². The molecule has 0 aliphatic carbocycles. The number of aromatic nitrogens is 2. The van der Waals surface area contributed by atoms with E-state index < -0.39 is 0 Å². The molecule has 0 N–H and O–H groups in total. The fraction of sp³-hybridized carbons (Fsp3) is 0.375. The number of carbonyl (C=O) groups is 1. The number of carbonyl (C=O) groups excluding carboxylic acids is 1. The molecule has 4 nitrogen and oxygen atoms in total. The Morgan fingerprint density at radius 2 is 2.46 bits per heavy atom. The minimum atomic E-state index is -0.333. The first-order chi connectivity index (χ1) is 6.22. The molecule has 0 fully saturated rings. The van der Waals surface area contributed by atoms with E-state index in [9.17, 15) is 4.79 Å². The van der Waals surface area contributed by atoms with Crippen LogP contribution in [0.25, 0.3) is 0 Å². The maximum absolute atomic E-state index is 11.0. The molecule has 13 heavy (non-hydrogen) atoms. The Balaban J connectivity index is 2.58. The van der Waals surface area contributed by atoms with Crippen molar-refractivity contribution in [3.05, 3.63) is 18.1 Å². The van der Waals surface area contributed by atoms with Gasteiger partial charge in [-0.25, -0.2) is 14.8 Å². The van der Waals surface area contributed by atoms with Gasteiger partial charge in [0.2, 0.25) is 0 Å². The molecule has 0 saturated heterocycles. The van der Waals surface area contributed by atoms with Crippen molar-refractivity contribution in [2.75, 3.05) is 6.61 Å². The summed E-state index contributed by atoms with van der Waals surface area (Å²) in [6.45, 7) is 3.93. The SMILES string of the molecule is CCOC(=O)Sc1ccnc(C)n1. The average Bonchev–Trinajstić information content (AvgIpc) is 2.04. The summed E-state index contributed by atoms with van der Waals surface area (Å²) in [6.07, 6.45) is 1.61. The summed E-state index contributed by atoms with van der Waals surface area (Å²) in [5.41, 5.74) is 0. The van der Waals surface area contributed by atoms with Crippen LogP contribution in [0.2, 0.25) is 0 Å². The fourth-order valence-electron chi connectivity index (χ4n) is 0.724. The van der Waals surface area contributed by atoms with Gasteiger partial charge in [0, 0.05) is 18.0 Å². The lowest BCUT2D eigenvalue weighted by atomic mass is 10.6. The van der Waals surface area contributed by atoms with Crippen LogP contribution in [-0.4, -0.2) is 21.9 Å². The molecule has 1 heterocycles. The maximum atomic E-state index is 11.0. The molecule has 0 bridgehead atoms. The van der Waals surface area contributed by atoms with Crippen LogP contribution in [0, 0.1) is 6.92 Å². The van der Waals surface area contributed by atoms with Gasteiger partial charge < -0.3 is 4.74 Å². The Morgan fingerprint density at radius 3 is 3.08 bits per heavy atom. The van der Waals surface area contributed by atoms with Gasteiger partial charge in [-0.15, -0.1) is 0 Å². The predicted octanol–water partition coefficient (Wildman–Crippen LogP) is 2.03. The van der Waals surface area contributed by atoms with E-state index in [1.807, 2.05) is 0 Å². The van der Waals surface area contributed by atoms with E-state index in [0.29, 0.717) is 17.5 Å². The van der Waals surface area contributed by atoms with Crippen LogP contribution < -0.4 is 0 Å². The molecule has 0 spiro atoms. The van der Waals surface area contributed by atoms with Gasteiger partial charge in [0.05, 0.1) is 6.61 Å². The third-order valence-corrected chi connectivity index (χ3v) is 1.92. The second kappa shape index (κ2) is 4.81. The van der Waals surface area contributed by atoms with Gasteiger partial charge in [-0.1, -0.05) is 0 Å². The molecule has 1 aromatic rings. The molecule has 0 radical (unpaired) electrons. The molecule has 0 unspecified atom stereocenters. The lowest BCUT2D eigenvalue weighted by Crippen LogP contribution is -1.97. The Hall–Kier alpha value is -1.10. The average molecular weight is 198 g/mol. The zero-order valence-corrected chi connectivity index (χ0v) is 8.30. The Morgan fingerprint density at radius 1 is 1.69 bits per heavy atom. The zero-order chi connectivity index (χ0) is 9.68. The summed E-state index contributed by atoms with van der Waals surface area (Å²) in [4.78, 5) is 19.0. The summed E-state index contributed by atoms with van der Waals surface area (Å²) in [5, 5.41) is 0.284. The highest BCUT2D eigenvalue weighted by Gasteiger charge is 2.05. The van der Waals surface area contributed by atoms with Gasteiger partial charge >= 0.3 is 5.30 Å². The summed E-state index contributed by atoms with van der Waals surface area (Å²) < 4.78 is 4.75. The van der Waals surface area contributed by atoms with Crippen molar-refractivity contribution in [3.8, 4) is 0 Å². The van der Waals surface area contributed by atoms with Gasteiger partial charge in [0.15, 0.2) is 0 Å². The Labute approximate surface area is 80.7 Å². The van der Waals surface area contributed by atoms with Gasteiger partial charge in [-0.05, 0) is 19.9 Å². The van der Waals surface area contributed by atoms with Crippen LogP contribution in [0.3, 0.4) is 0 Å². The van der Waals surface area contributed by atoms with E-state index in [0.717, 1.165) is 11.8 Å². The fourth-order valence-corrected chi connectivity index (χ4v) is 1.38. The number of hydrogen-bond donors (Lipinski definition) is 0. The molecule has 1 rings (SSSR count). The lowest BCUT2D eigenvalue weighted by Gasteiger charge is -2.00. The highest BCUT2D eigenvalue weighted by atomic mass is 32.2. The number of nitrogens with zero attached hydrogens (tertiary/aromatic N) is 2. The van der Waals surface area contributed by atoms with E-state index >= 15 is 0 Å². The van der Waals surface area contributed by atoms with Gasteiger partial charge in [-0.3, -0.25) is 0 Å². The first kappa shape index (κ1) is 9.98. The molecule has 70 valence electrons. The van der Waals surface area contributed by atoms with Crippen LogP contribution in [0.1, 0.15) is 12.7 Å². The monoisotopic (exact) mass is 198 g/mol. The quantitative estimate of drug-likeness (QED) is 0.413. The number of aryl methyl sites for hydroxylation is 1. The number of rotatable bonds is 2. The molecular formula is C8H10N2O2S. The molecule has 0 atom stereocenters. The summed E-state index contributed by atoms with van der Waals surface area (Å²) >= 11 is 0.970. The third kappa shape index (κ3) is 3.42. The third-order valence-electron chi connectivity index (χ3n) is 1.20. The molecule has 0 aliphatic rings. The van der Waals surface area contributed by atoms with E-state index in [4.69, 9.17) is 4.74 Å². The van der Waals surface area contributed by atoms with Crippen molar-refractivity contribution in [1.29, 1.82) is 0 Å². The molecule has 0 amide bonds. The van der Waals surface area contributed by atoms with Crippen molar-refractivity contribution < 1.29 is 9.53 Å². The lowest BCUT2D eigenvalue weighted by molar-refractivity contribution is 0.181. The number of hydrogen-bond acceptors (Lipinski definition) is 5. The van der Waals surface area contributed by atoms with Crippen LogP contribution in [0.5, 0.6) is 0 Å². The minimum absolute atomic E-state index is 0.333. The second-order valence-corrected chi connectivity index (χ2v) is 3.18. The molecule has 0 saturated carbocycles. The molecule has 0 aromatic carbocycles. The molecular weight excluding hydrogens is 188 g/mol. The van der Waals surface area contributed by atoms with E-state index in [2.05, 4.69) is 9.97 Å². The van der Waals surface area contributed by atoms with Crippen LogP contribution in [0.15, 0.2) is 17.3 Å². The summed E-state index contributed by atoms with van der Waals surface area (Å²) in [5.74, 6) is 0.647. The minimum Gasteiger partial charge on any atom is -0.458 e. The van der Waals surface area contributed by atoms with Crippen LogP contribution in [-0.2, 0) is 4.74 Å². The number of thioether (sulfide) groups is 1. The highest BCUT2D eigenvalue weighted by molar-refractivity contribution is 8.13. The van der Waals surface area contributed by atoms with Crippen molar-refractivity contribution in [2.45, 2.75) is 18.9 Å². The van der Waals surface area contributed by atoms with Crippen molar-refractivity contribution >= 4 is 17.1 Å². The van der Waals surface area contributed by atoms with Crippen LogP contribution in [0.4, 0.5) is 4.79 Å². The van der Waals surface area contributed by atoms with Crippen molar-refractivity contribution in [2.24, 2.45) is 0 Å². The first-order valence-electron chi connectivity index (χ1n) is 3.86. The van der Waals surface area contributed by atoms with Crippen LogP contribution >= 0.6 is 11.8 Å². The van der Waals surface area contributed by atoms with E-state index in [1.165, 1.54) is 0 Å². The van der Waals surface area contributed by atoms with Gasteiger partial charge in [0.25, 0.3) is 0 Å². The second-order valence-electron chi connectivity index (χ2n) is 2.23. The summed E-state index contributed by atoms with van der Waals surface area (Å²) in [6, 6.07) is 1.68. The van der Waals surface area contributed by atoms with E-state index in [-0.39, 0.29) is 5.30 Å². The van der Waals surface area contributed by atoms with Crippen molar-refractivity contribution in [1.82, 2.24) is 9.97 Å². The topological polar surface area (TPSA) is 52.1 Å². The molecule has 5 heteroatoms. The first-order valence-corrected chi connectivity index (χ1v) is 4.68. The van der Waals surface area contributed by atoms with Gasteiger partial charge in [-0.2, -0.15) is 0 Å². The maximum Gasteiger partial charge on any atom is 0.373 e. The number of ether oxygens (including phenoxy) is 1. The standard InChI is InChI=1S/C8H10N2O2S/c1-3-12-8(11)13-7-4-5-9-6(2)10-7/h4-5H,3H2,1-2H3. The molecule has 0 aliphatic heterocycles. The molecule has 1 aromatic heterocycles. The Kier molecular flexibility index (Phi) is 3.70. The Bertz CT molecular complexity index is 304. The smallest absolute Gasteiger partial charge is 0.373 e. The largest absolute Gasteiger partial charge is 0.458 e. The summed E-state index contributed by atoms with van der Waals surface area (Å²) in [7, 11) is 0. The predicted molar refractivity (Wildman–Crippen MR) is 49.6 cm³/mol. The highest BCUT2D eigenvalue weighted by Crippen LogP contribution is 2.16. The van der Waals surface area contributed by atoms with Crippen molar-refractivity contribution in [3.63, 3.8) is 0 Å². The van der Waals surface area contributed by atoms with E-state index in [1.54, 1.807) is 26.1 Å². The zero-order valence-electron chi connectivity index (χ0n) is 7.48.